The number of amides is 1. The van der Waals surface area contributed by atoms with Crippen LogP contribution in [0.15, 0.2) is 78.4 Å². The summed E-state index contributed by atoms with van der Waals surface area (Å²) in [6.45, 7) is 8.79. The van der Waals surface area contributed by atoms with Crippen LogP contribution in [0.2, 0.25) is 0 Å². The molecule has 36 heavy (non-hydrogen) atoms. The number of ketones is 1. The van der Waals surface area contributed by atoms with Gasteiger partial charge in [0.25, 0.3) is 11.7 Å². The summed E-state index contributed by atoms with van der Waals surface area (Å²) in [5.41, 5.74) is 2.85. The van der Waals surface area contributed by atoms with Crippen molar-refractivity contribution in [1.29, 1.82) is 0 Å². The minimum atomic E-state index is -0.796. The Morgan fingerprint density at radius 1 is 0.944 bits per heavy atom. The van der Waals surface area contributed by atoms with Crippen molar-refractivity contribution in [1.82, 2.24) is 4.90 Å². The number of halogens is 1. The van der Waals surface area contributed by atoms with Gasteiger partial charge < -0.3 is 14.7 Å². The lowest BCUT2D eigenvalue weighted by Gasteiger charge is -2.26. The summed E-state index contributed by atoms with van der Waals surface area (Å²) in [5.74, 6) is -1.46. The molecule has 1 saturated heterocycles. The molecule has 0 spiro atoms. The number of ether oxygens (including phenoxy) is 1. The molecular formula is C30H30FNO4. The molecule has 3 aromatic rings. The Balaban J connectivity index is 1.82. The zero-order valence-corrected chi connectivity index (χ0v) is 20.9. The van der Waals surface area contributed by atoms with Crippen LogP contribution >= 0.6 is 0 Å². The Kier molecular flexibility index (Phi) is 6.97. The summed E-state index contributed by atoms with van der Waals surface area (Å²) in [7, 11) is 0. The van der Waals surface area contributed by atoms with Crippen LogP contribution in [0.5, 0.6) is 5.75 Å². The maximum absolute atomic E-state index is 13.5. The maximum Gasteiger partial charge on any atom is 0.295 e. The number of Topliss-reactive ketones (excluding diaryl/α,β-unsaturated/α-hetero) is 1. The van der Waals surface area contributed by atoms with E-state index in [2.05, 4.69) is 20.8 Å². The Labute approximate surface area is 210 Å². The highest BCUT2D eigenvalue weighted by atomic mass is 19.1. The minimum absolute atomic E-state index is 0.0229. The van der Waals surface area contributed by atoms with Crippen LogP contribution in [0.25, 0.3) is 5.76 Å². The summed E-state index contributed by atoms with van der Waals surface area (Å²) in [4.78, 5) is 27.9. The molecule has 1 fully saturated rings. The van der Waals surface area contributed by atoms with Crippen molar-refractivity contribution in [3.8, 4) is 5.75 Å². The molecule has 0 bridgehead atoms. The smallest absolute Gasteiger partial charge is 0.295 e. The van der Waals surface area contributed by atoms with Crippen LogP contribution in [0.3, 0.4) is 0 Å². The van der Waals surface area contributed by atoms with Gasteiger partial charge in [-0.15, -0.1) is 0 Å². The van der Waals surface area contributed by atoms with Gasteiger partial charge in [0, 0.05) is 12.1 Å². The normalized spacial score (nSPS) is 17.5. The highest BCUT2D eigenvalue weighted by Gasteiger charge is 2.46. The summed E-state index contributed by atoms with van der Waals surface area (Å²) in [6.07, 6.45) is 0. The minimum Gasteiger partial charge on any atom is -0.507 e. The van der Waals surface area contributed by atoms with E-state index in [9.17, 15) is 19.1 Å². The van der Waals surface area contributed by atoms with E-state index in [0.29, 0.717) is 29.0 Å². The lowest BCUT2D eigenvalue weighted by Crippen LogP contribution is -2.29. The van der Waals surface area contributed by atoms with Crippen molar-refractivity contribution >= 4 is 17.4 Å². The quantitative estimate of drug-likeness (QED) is 0.258. The molecule has 3 aromatic carbocycles. The van der Waals surface area contributed by atoms with E-state index >= 15 is 0 Å². The fourth-order valence-corrected chi connectivity index (χ4v) is 4.37. The molecule has 0 aliphatic carbocycles. The van der Waals surface area contributed by atoms with E-state index in [0.717, 1.165) is 5.56 Å². The SMILES string of the molecule is CCOc1ccc(/C(O)=C2/C(=O)C(=O)N(Cc3ccc(F)cc3)C2c2ccc(C(C)(C)C)cc2)cc1. The third-order valence-electron chi connectivity index (χ3n) is 6.34. The van der Waals surface area contributed by atoms with Gasteiger partial charge in [0.05, 0.1) is 18.2 Å². The number of likely N-dealkylation sites (tertiary alicyclic amines) is 1. The van der Waals surface area contributed by atoms with Gasteiger partial charge >= 0.3 is 0 Å². The number of hydrogen-bond donors (Lipinski definition) is 1. The molecule has 1 heterocycles. The predicted molar refractivity (Wildman–Crippen MR) is 137 cm³/mol. The van der Waals surface area contributed by atoms with E-state index in [1.807, 2.05) is 31.2 Å². The highest BCUT2D eigenvalue weighted by Crippen LogP contribution is 2.41. The van der Waals surface area contributed by atoms with Crippen molar-refractivity contribution in [3.63, 3.8) is 0 Å². The maximum atomic E-state index is 13.5. The van der Waals surface area contributed by atoms with Crippen molar-refractivity contribution in [2.45, 2.75) is 45.7 Å². The summed E-state index contributed by atoms with van der Waals surface area (Å²) >= 11 is 0. The molecule has 1 aliphatic rings. The van der Waals surface area contributed by atoms with Crippen molar-refractivity contribution in [3.05, 3.63) is 106 Å². The summed E-state index contributed by atoms with van der Waals surface area (Å²) in [5, 5.41) is 11.3. The average molecular weight is 488 g/mol. The average Bonchev–Trinajstić information content (AvgIpc) is 3.10. The van der Waals surface area contributed by atoms with Gasteiger partial charge in [0.1, 0.15) is 17.3 Å². The first-order chi connectivity index (χ1) is 17.1. The van der Waals surface area contributed by atoms with Gasteiger partial charge in [-0.05, 0) is 65.4 Å². The molecule has 1 N–H and O–H groups in total. The van der Waals surface area contributed by atoms with Gasteiger partial charge in [0.15, 0.2) is 0 Å². The molecule has 5 nitrogen and oxygen atoms in total. The van der Waals surface area contributed by atoms with Crippen LogP contribution in [0.4, 0.5) is 4.39 Å². The van der Waals surface area contributed by atoms with Gasteiger partial charge in [0.2, 0.25) is 0 Å². The Morgan fingerprint density at radius 2 is 1.56 bits per heavy atom. The topological polar surface area (TPSA) is 66.8 Å². The molecule has 1 amide bonds. The van der Waals surface area contributed by atoms with Crippen molar-refractivity contribution in [2.24, 2.45) is 0 Å². The van der Waals surface area contributed by atoms with Crippen LogP contribution < -0.4 is 4.74 Å². The molecule has 0 saturated carbocycles. The first kappa shape index (κ1) is 25.2. The predicted octanol–water partition coefficient (Wildman–Crippen LogP) is 6.14. The number of carbonyl (C=O) groups is 2. The van der Waals surface area contributed by atoms with E-state index in [4.69, 9.17) is 4.74 Å². The van der Waals surface area contributed by atoms with E-state index in [1.54, 1.807) is 36.4 Å². The van der Waals surface area contributed by atoms with Crippen molar-refractivity contribution < 1.29 is 23.8 Å². The first-order valence-electron chi connectivity index (χ1n) is 12.0. The van der Waals surface area contributed by atoms with Gasteiger partial charge in [-0.1, -0.05) is 57.2 Å². The second-order valence-electron chi connectivity index (χ2n) is 9.88. The standard InChI is InChI=1S/C30H30FNO4/c1-5-36-24-16-10-21(11-17-24)27(33)25-26(20-8-12-22(13-9-20)30(2,3)4)32(29(35)28(25)34)18-19-6-14-23(31)15-7-19/h6-17,26,33H,5,18H2,1-4H3/b27-25-. The zero-order chi connectivity index (χ0) is 26.0. The largest absolute Gasteiger partial charge is 0.507 e. The lowest BCUT2D eigenvalue weighted by atomic mass is 9.85. The first-order valence-corrected chi connectivity index (χ1v) is 12.0. The van der Waals surface area contributed by atoms with Gasteiger partial charge in [-0.3, -0.25) is 9.59 Å². The fourth-order valence-electron chi connectivity index (χ4n) is 4.37. The molecule has 6 heteroatoms. The second-order valence-corrected chi connectivity index (χ2v) is 9.88. The Bertz CT molecular complexity index is 1290. The zero-order valence-electron chi connectivity index (χ0n) is 20.9. The molecule has 1 aliphatic heterocycles. The van der Waals surface area contributed by atoms with Gasteiger partial charge in [-0.2, -0.15) is 0 Å². The van der Waals surface area contributed by atoms with Crippen LogP contribution in [0.1, 0.15) is 56.0 Å². The summed E-state index contributed by atoms with van der Waals surface area (Å²) < 4.78 is 18.9. The second kappa shape index (κ2) is 9.97. The molecular weight excluding hydrogens is 457 g/mol. The monoisotopic (exact) mass is 487 g/mol. The third kappa shape index (κ3) is 5.03. The van der Waals surface area contributed by atoms with E-state index in [1.165, 1.54) is 17.0 Å². The van der Waals surface area contributed by atoms with Crippen LogP contribution in [0, 0.1) is 5.82 Å². The molecule has 0 aromatic heterocycles. The number of carbonyl (C=O) groups excluding carboxylic acids is 2. The fraction of sp³-hybridized carbons (Fsp3) is 0.267. The molecule has 4 rings (SSSR count). The molecule has 186 valence electrons. The number of aliphatic hydroxyl groups excluding tert-OH is 1. The number of hydrogen-bond acceptors (Lipinski definition) is 4. The van der Waals surface area contributed by atoms with E-state index in [-0.39, 0.29) is 29.1 Å². The Hall–Kier alpha value is -3.93. The number of benzene rings is 3. The number of rotatable bonds is 6. The van der Waals surface area contributed by atoms with Gasteiger partial charge in [-0.25, -0.2) is 4.39 Å². The van der Waals surface area contributed by atoms with Crippen molar-refractivity contribution in [2.75, 3.05) is 6.61 Å². The molecule has 0 radical (unpaired) electrons. The van der Waals surface area contributed by atoms with E-state index < -0.39 is 17.7 Å². The van der Waals surface area contributed by atoms with Crippen LogP contribution in [-0.4, -0.2) is 28.3 Å². The highest BCUT2D eigenvalue weighted by molar-refractivity contribution is 6.46. The number of aliphatic hydroxyl groups is 1. The number of nitrogens with zero attached hydrogens (tertiary/aromatic N) is 1. The molecule has 1 unspecified atom stereocenters. The Morgan fingerprint density at radius 3 is 2.11 bits per heavy atom. The summed E-state index contributed by atoms with van der Waals surface area (Å²) in [6, 6.07) is 19.5. The van der Waals surface area contributed by atoms with Crippen LogP contribution in [-0.2, 0) is 21.5 Å². The third-order valence-corrected chi connectivity index (χ3v) is 6.34. The molecule has 1 atom stereocenters. The lowest BCUT2D eigenvalue weighted by molar-refractivity contribution is -0.140.